The number of aromatic nitrogens is 2. The second-order valence-electron chi connectivity index (χ2n) is 4.11. The minimum atomic E-state index is -1.03. The molecule has 0 amide bonds. The average Bonchev–Trinajstić information content (AvgIpc) is 2.88. The molecule has 8 heteroatoms. The van der Waals surface area contributed by atoms with Crippen LogP contribution < -0.4 is 5.32 Å². The predicted octanol–water partition coefficient (Wildman–Crippen LogP) is 3.93. The zero-order valence-corrected chi connectivity index (χ0v) is 11.9. The highest BCUT2D eigenvalue weighted by Crippen LogP contribution is 2.30. The van der Waals surface area contributed by atoms with Crippen molar-refractivity contribution in [2.75, 3.05) is 5.32 Å². The van der Waals surface area contributed by atoms with Gasteiger partial charge in [-0.2, -0.15) is 0 Å². The van der Waals surface area contributed by atoms with E-state index in [1.807, 2.05) is 0 Å². The summed E-state index contributed by atoms with van der Waals surface area (Å²) in [5.41, 5.74) is 0.458. The van der Waals surface area contributed by atoms with E-state index in [9.17, 15) is 9.18 Å². The van der Waals surface area contributed by atoms with E-state index in [4.69, 9.17) is 16.7 Å². The number of carboxylic acids is 1. The van der Waals surface area contributed by atoms with E-state index in [0.717, 1.165) is 11.3 Å². The van der Waals surface area contributed by atoms with E-state index in [-0.39, 0.29) is 9.90 Å². The summed E-state index contributed by atoms with van der Waals surface area (Å²) in [7, 11) is 0. The van der Waals surface area contributed by atoms with Crippen molar-refractivity contribution in [3.8, 4) is 0 Å². The highest BCUT2D eigenvalue weighted by molar-refractivity contribution is 7.20. The Morgan fingerprint density at radius 3 is 2.86 bits per heavy atom. The second-order valence-corrected chi connectivity index (χ2v) is 5.55. The minimum absolute atomic E-state index is 0.0251. The third kappa shape index (κ3) is 2.65. The summed E-state index contributed by atoms with van der Waals surface area (Å²) in [6.07, 6.45) is 1.32. The molecule has 0 saturated heterocycles. The van der Waals surface area contributed by atoms with Crippen molar-refractivity contribution in [1.29, 1.82) is 0 Å². The van der Waals surface area contributed by atoms with Gasteiger partial charge in [-0.1, -0.05) is 11.6 Å². The number of nitrogens with one attached hydrogen (secondary N) is 1. The van der Waals surface area contributed by atoms with Gasteiger partial charge in [-0.25, -0.2) is 19.2 Å². The van der Waals surface area contributed by atoms with Gasteiger partial charge in [0, 0.05) is 5.69 Å². The molecule has 5 nitrogen and oxygen atoms in total. The van der Waals surface area contributed by atoms with Gasteiger partial charge >= 0.3 is 5.97 Å². The maximum Gasteiger partial charge on any atom is 0.345 e. The summed E-state index contributed by atoms with van der Waals surface area (Å²) >= 11 is 6.67. The van der Waals surface area contributed by atoms with Gasteiger partial charge < -0.3 is 10.4 Å². The summed E-state index contributed by atoms with van der Waals surface area (Å²) < 4.78 is 13.4. The second kappa shape index (κ2) is 5.27. The number of nitrogens with zero attached hydrogens (tertiary/aromatic N) is 2. The van der Waals surface area contributed by atoms with Crippen molar-refractivity contribution in [2.45, 2.75) is 0 Å². The molecular formula is C13H7ClFN3O2S. The van der Waals surface area contributed by atoms with Crippen molar-refractivity contribution in [2.24, 2.45) is 0 Å². The maximum atomic E-state index is 13.4. The lowest BCUT2D eigenvalue weighted by molar-refractivity contribution is 0.0702. The lowest BCUT2D eigenvalue weighted by Crippen LogP contribution is -1.95. The number of rotatable bonds is 3. The molecule has 3 rings (SSSR count). The Kier molecular flexibility index (Phi) is 3.44. The van der Waals surface area contributed by atoms with Crippen LogP contribution in [0, 0.1) is 5.82 Å². The molecule has 0 unspecified atom stereocenters. The van der Waals surface area contributed by atoms with Crippen LogP contribution in [0.1, 0.15) is 9.67 Å². The molecule has 0 atom stereocenters. The summed E-state index contributed by atoms with van der Waals surface area (Å²) in [4.78, 5) is 19.8. The first-order valence-electron chi connectivity index (χ1n) is 5.74. The van der Waals surface area contributed by atoms with Crippen LogP contribution in [0.4, 0.5) is 15.9 Å². The van der Waals surface area contributed by atoms with Gasteiger partial charge in [-0.05, 0) is 24.3 Å². The molecule has 0 aliphatic heterocycles. The number of fused-ring (bicyclic) bond motifs is 1. The number of halogens is 2. The molecule has 0 radical (unpaired) electrons. The fourth-order valence-electron chi connectivity index (χ4n) is 1.77. The van der Waals surface area contributed by atoms with Gasteiger partial charge in [-0.3, -0.25) is 0 Å². The monoisotopic (exact) mass is 323 g/mol. The standard InChI is InChI=1S/C13H7ClFN3O2S/c14-8-2-1-6(3-9(8)15)18-11-7-4-10(13(19)20)21-12(7)17-5-16-11/h1-5H,(H,19,20)(H,16,17,18). The van der Waals surface area contributed by atoms with Gasteiger partial charge in [0.05, 0.1) is 10.4 Å². The molecule has 2 aromatic heterocycles. The molecule has 106 valence electrons. The number of carboxylic acid groups (broad SMARTS) is 1. The molecule has 2 heterocycles. The highest BCUT2D eigenvalue weighted by atomic mass is 35.5. The van der Waals surface area contributed by atoms with E-state index >= 15 is 0 Å². The first kappa shape index (κ1) is 13.7. The Hall–Kier alpha value is -2.25. The predicted molar refractivity (Wildman–Crippen MR) is 79.1 cm³/mol. The van der Waals surface area contributed by atoms with E-state index < -0.39 is 11.8 Å². The lowest BCUT2D eigenvalue weighted by Gasteiger charge is -2.06. The van der Waals surface area contributed by atoms with Crippen LogP contribution >= 0.6 is 22.9 Å². The Bertz CT molecular complexity index is 853. The van der Waals surface area contributed by atoms with E-state index in [1.54, 1.807) is 6.07 Å². The Labute approximate surface area is 127 Å². The van der Waals surface area contributed by atoms with Crippen LogP contribution in [-0.4, -0.2) is 21.0 Å². The van der Waals surface area contributed by atoms with Gasteiger partial charge in [0.15, 0.2) is 0 Å². The Morgan fingerprint density at radius 1 is 1.33 bits per heavy atom. The number of benzene rings is 1. The average molecular weight is 324 g/mol. The number of aromatic carboxylic acids is 1. The van der Waals surface area contributed by atoms with E-state index in [2.05, 4.69) is 15.3 Å². The molecule has 0 saturated carbocycles. The maximum absolute atomic E-state index is 13.4. The SMILES string of the molecule is O=C(O)c1cc2c(Nc3ccc(Cl)c(F)c3)ncnc2s1. The molecule has 0 aliphatic rings. The number of thiophene rings is 1. The zero-order chi connectivity index (χ0) is 15.0. The third-order valence-electron chi connectivity index (χ3n) is 2.72. The first-order valence-corrected chi connectivity index (χ1v) is 6.94. The van der Waals surface area contributed by atoms with Crippen molar-refractivity contribution >= 4 is 50.6 Å². The Morgan fingerprint density at radius 2 is 2.14 bits per heavy atom. The van der Waals surface area contributed by atoms with Gasteiger partial charge in [-0.15, -0.1) is 11.3 Å². The molecule has 0 fully saturated rings. The number of anilines is 2. The van der Waals surface area contributed by atoms with E-state index in [0.29, 0.717) is 21.7 Å². The Balaban J connectivity index is 2.03. The van der Waals surface area contributed by atoms with Crippen molar-refractivity contribution in [1.82, 2.24) is 9.97 Å². The number of hydrogen-bond acceptors (Lipinski definition) is 5. The molecule has 0 bridgehead atoms. The van der Waals surface area contributed by atoms with Crippen LogP contribution in [-0.2, 0) is 0 Å². The minimum Gasteiger partial charge on any atom is -0.477 e. The fourth-order valence-corrected chi connectivity index (χ4v) is 2.73. The zero-order valence-electron chi connectivity index (χ0n) is 10.3. The normalized spacial score (nSPS) is 10.8. The van der Waals surface area contributed by atoms with Crippen LogP contribution in [0.25, 0.3) is 10.2 Å². The van der Waals surface area contributed by atoms with Crippen molar-refractivity contribution < 1.29 is 14.3 Å². The van der Waals surface area contributed by atoms with Crippen LogP contribution in [0.3, 0.4) is 0 Å². The third-order valence-corrected chi connectivity index (χ3v) is 4.06. The smallest absolute Gasteiger partial charge is 0.345 e. The van der Waals surface area contributed by atoms with Crippen LogP contribution in [0.5, 0.6) is 0 Å². The van der Waals surface area contributed by atoms with Gasteiger partial charge in [0.1, 0.15) is 27.7 Å². The van der Waals surface area contributed by atoms with Crippen LogP contribution in [0.15, 0.2) is 30.6 Å². The largest absolute Gasteiger partial charge is 0.477 e. The fraction of sp³-hybridized carbons (Fsp3) is 0. The summed E-state index contributed by atoms with van der Waals surface area (Å²) in [6, 6.07) is 5.75. The first-order chi connectivity index (χ1) is 10.0. The summed E-state index contributed by atoms with van der Waals surface area (Å²) in [6.45, 7) is 0. The van der Waals surface area contributed by atoms with Crippen molar-refractivity contribution in [3.63, 3.8) is 0 Å². The molecule has 0 aliphatic carbocycles. The van der Waals surface area contributed by atoms with E-state index in [1.165, 1.54) is 24.5 Å². The molecule has 3 aromatic rings. The molecule has 1 aromatic carbocycles. The number of hydrogen-bond donors (Lipinski definition) is 2. The quantitative estimate of drug-likeness (QED) is 0.764. The van der Waals surface area contributed by atoms with Gasteiger partial charge in [0.25, 0.3) is 0 Å². The molecule has 21 heavy (non-hydrogen) atoms. The lowest BCUT2D eigenvalue weighted by atomic mass is 10.3. The molecular weight excluding hydrogens is 317 g/mol. The molecule has 2 N–H and O–H groups in total. The van der Waals surface area contributed by atoms with Crippen LogP contribution in [0.2, 0.25) is 5.02 Å². The molecule has 0 spiro atoms. The van der Waals surface area contributed by atoms with Crippen molar-refractivity contribution in [3.05, 3.63) is 46.3 Å². The highest BCUT2D eigenvalue weighted by Gasteiger charge is 2.13. The number of carbonyl (C=O) groups is 1. The topological polar surface area (TPSA) is 75.1 Å². The summed E-state index contributed by atoms with van der Waals surface area (Å²) in [5, 5.41) is 12.5. The summed E-state index contributed by atoms with van der Waals surface area (Å²) in [5.74, 6) is -1.17. The van der Waals surface area contributed by atoms with Gasteiger partial charge in [0.2, 0.25) is 0 Å².